The topological polar surface area (TPSA) is 30.5 Å². The number of rotatable bonds is 3. The predicted octanol–water partition coefficient (Wildman–Crippen LogP) is 3.94. The Balaban J connectivity index is 1.70. The van der Waals surface area contributed by atoms with Gasteiger partial charge in [-0.25, -0.2) is 0 Å². The molecule has 98 valence electrons. The molecule has 4 heteroatoms. The third kappa shape index (κ3) is 2.78. The summed E-state index contributed by atoms with van der Waals surface area (Å²) in [6.45, 7) is 3.21. The van der Waals surface area contributed by atoms with E-state index in [1.165, 1.54) is 14.7 Å². The second kappa shape index (κ2) is 5.28. The number of anilines is 1. The number of fused-ring (bicyclic) bond motifs is 1. The van der Waals surface area contributed by atoms with Gasteiger partial charge in [0.15, 0.2) is 11.5 Å². The van der Waals surface area contributed by atoms with E-state index in [4.69, 9.17) is 9.47 Å². The minimum atomic E-state index is 0.322. The molecule has 0 fully saturated rings. The average Bonchev–Trinajstić information content (AvgIpc) is 2.87. The Morgan fingerprint density at radius 1 is 1.11 bits per heavy atom. The quantitative estimate of drug-likeness (QED) is 0.834. The van der Waals surface area contributed by atoms with Crippen LogP contribution in [0.15, 0.2) is 36.4 Å². The van der Waals surface area contributed by atoms with E-state index in [9.17, 15) is 0 Å². The summed E-state index contributed by atoms with van der Waals surface area (Å²) < 4.78 is 11.9. The number of hydrogen-bond donors (Lipinski definition) is 1. The fourth-order valence-corrected chi connectivity index (χ4v) is 2.47. The maximum atomic E-state index is 5.37. The second-order valence-corrected chi connectivity index (χ2v) is 5.67. The predicted molar refractivity (Wildman–Crippen MR) is 83.8 cm³/mol. The van der Waals surface area contributed by atoms with Crippen LogP contribution in [-0.4, -0.2) is 6.79 Å². The van der Waals surface area contributed by atoms with Crippen molar-refractivity contribution in [1.82, 2.24) is 0 Å². The van der Waals surface area contributed by atoms with Gasteiger partial charge < -0.3 is 14.8 Å². The summed E-state index contributed by atoms with van der Waals surface area (Å²) in [5.74, 6) is 1.66. The molecule has 0 aromatic heterocycles. The van der Waals surface area contributed by atoms with Gasteiger partial charge in [0.1, 0.15) is 0 Å². The van der Waals surface area contributed by atoms with Gasteiger partial charge in [-0.2, -0.15) is 0 Å². The van der Waals surface area contributed by atoms with Crippen molar-refractivity contribution in [2.24, 2.45) is 0 Å². The third-order valence-electron chi connectivity index (χ3n) is 3.11. The fourth-order valence-electron chi connectivity index (χ4n) is 1.96. The van der Waals surface area contributed by atoms with Gasteiger partial charge >= 0.3 is 0 Å². The van der Waals surface area contributed by atoms with Gasteiger partial charge in [-0.1, -0.05) is 12.1 Å². The smallest absolute Gasteiger partial charge is 0.231 e. The molecule has 1 N–H and O–H groups in total. The molecule has 19 heavy (non-hydrogen) atoms. The molecule has 0 saturated carbocycles. The largest absolute Gasteiger partial charge is 0.454 e. The lowest BCUT2D eigenvalue weighted by atomic mass is 10.2. The Kier molecular flexibility index (Phi) is 3.50. The molecular formula is C15H14INO2. The first-order valence-corrected chi connectivity index (χ1v) is 7.19. The van der Waals surface area contributed by atoms with E-state index in [2.05, 4.69) is 59.1 Å². The van der Waals surface area contributed by atoms with E-state index in [0.29, 0.717) is 6.79 Å². The van der Waals surface area contributed by atoms with Crippen molar-refractivity contribution >= 4 is 28.3 Å². The van der Waals surface area contributed by atoms with Crippen LogP contribution in [0.1, 0.15) is 11.1 Å². The molecule has 0 unspecified atom stereocenters. The highest BCUT2D eigenvalue weighted by Gasteiger charge is 2.12. The molecule has 1 aliphatic heterocycles. The molecular weight excluding hydrogens is 353 g/mol. The van der Waals surface area contributed by atoms with Crippen LogP contribution in [0.4, 0.5) is 5.69 Å². The van der Waals surface area contributed by atoms with Crippen molar-refractivity contribution in [2.45, 2.75) is 13.5 Å². The van der Waals surface area contributed by atoms with Crippen LogP contribution in [0.3, 0.4) is 0 Å². The summed E-state index contributed by atoms with van der Waals surface area (Å²) in [5.41, 5.74) is 3.61. The minimum absolute atomic E-state index is 0.322. The molecule has 2 aromatic carbocycles. The van der Waals surface area contributed by atoms with E-state index in [-0.39, 0.29) is 0 Å². The van der Waals surface area contributed by atoms with Crippen molar-refractivity contribution in [3.8, 4) is 11.5 Å². The normalized spacial score (nSPS) is 12.5. The zero-order chi connectivity index (χ0) is 13.2. The van der Waals surface area contributed by atoms with Gasteiger partial charge in [-0.3, -0.25) is 0 Å². The summed E-state index contributed by atoms with van der Waals surface area (Å²) >= 11 is 2.35. The first kappa shape index (κ1) is 12.6. The van der Waals surface area contributed by atoms with Crippen molar-refractivity contribution in [3.63, 3.8) is 0 Å². The van der Waals surface area contributed by atoms with Crippen LogP contribution in [0.25, 0.3) is 0 Å². The Labute approximate surface area is 126 Å². The molecule has 0 atom stereocenters. The maximum absolute atomic E-state index is 5.37. The van der Waals surface area contributed by atoms with Crippen LogP contribution in [-0.2, 0) is 6.54 Å². The van der Waals surface area contributed by atoms with E-state index < -0.39 is 0 Å². The number of benzene rings is 2. The van der Waals surface area contributed by atoms with Crippen molar-refractivity contribution in [3.05, 3.63) is 51.1 Å². The van der Waals surface area contributed by atoms with Gasteiger partial charge in [-0.15, -0.1) is 0 Å². The summed E-state index contributed by atoms with van der Waals surface area (Å²) in [5, 5.41) is 3.42. The molecule has 1 aliphatic rings. The van der Waals surface area contributed by atoms with E-state index in [1.54, 1.807) is 0 Å². The molecule has 0 spiro atoms. The molecule has 3 rings (SSSR count). The summed E-state index contributed by atoms with van der Waals surface area (Å²) in [6.07, 6.45) is 0. The lowest BCUT2D eigenvalue weighted by Gasteiger charge is -2.08. The Bertz CT molecular complexity index is 613. The highest BCUT2D eigenvalue weighted by Crippen LogP contribution is 2.32. The number of hydrogen-bond acceptors (Lipinski definition) is 3. The molecule has 0 saturated heterocycles. The van der Waals surface area contributed by atoms with Gasteiger partial charge in [0, 0.05) is 15.8 Å². The number of nitrogens with one attached hydrogen (secondary N) is 1. The SMILES string of the molecule is Cc1ccc(NCc2ccc3c(c2)OCO3)cc1I. The number of ether oxygens (including phenoxy) is 2. The van der Waals surface area contributed by atoms with E-state index in [0.717, 1.165) is 23.7 Å². The first-order valence-electron chi connectivity index (χ1n) is 6.11. The van der Waals surface area contributed by atoms with Crippen LogP contribution >= 0.6 is 22.6 Å². The highest BCUT2D eigenvalue weighted by molar-refractivity contribution is 14.1. The zero-order valence-corrected chi connectivity index (χ0v) is 12.7. The monoisotopic (exact) mass is 367 g/mol. The van der Waals surface area contributed by atoms with Crippen LogP contribution < -0.4 is 14.8 Å². The van der Waals surface area contributed by atoms with Gasteiger partial charge in [0.25, 0.3) is 0 Å². The fraction of sp³-hybridized carbons (Fsp3) is 0.200. The molecule has 0 aliphatic carbocycles. The Hall–Kier alpha value is -1.43. The van der Waals surface area contributed by atoms with Gasteiger partial charge in [0.2, 0.25) is 6.79 Å². The van der Waals surface area contributed by atoms with Crippen molar-refractivity contribution < 1.29 is 9.47 Å². The highest BCUT2D eigenvalue weighted by atomic mass is 127. The molecule has 2 aromatic rings. The van der Waals surface area contributed by atoms with Crippen LogP contribution in [0, 0.1) is 10.5 Å². The molecule has 0 amide bonds. The second-order valence-electron chi connectivity index (χ2n) is 4.51. The van der Waals surface area contributed by atoms with Gasteiger partial charge in [-0.05, 0) is 64.9 Å². The maximum Gasteiger partial charge on any atom is 0.231 e. The molecule has 3 nitrogen and oxygen atoms in total. The standard InChI is InChI=1S/C15H14INO2/c1-10-2-4-12(7-13(10)16)17-8-11-3-5-14-15(6-11)19-9-18-14/h2-7,17H,8-9H2,1H3. The summed E-state index contributed by atoms with van der Waals surface area (Å²) in [4.78, 5) is 0. The molecule has 1 heterocycles. The van der Waals surface area contributed by atoms with Gasteiger partial charge in [0.05, 0.1) is 0 Å². The van der Waals surface area contributed by atoms with E-state index in [1.807, 2.05) is 12.1 Å². The molecule has 0 bridgehead atoms. The van der Waals surface area contributed by atoms with Crippen LogP contribution in [0.5, 0.6) is 11.5 Å². The van der Waals surface area contributed by atoms with Crippen molar-refractivity contribution in [2.75, 3.05) is 12.1 Å². The number of halogens is 1. The van der Waals surface area contributed by atoms with E-state index >= 15 is 0 Å². The zero-order valence-electron chi connectivity index (χ0n) is 10.6. The lowest BCUT2D eigenvalue weighted by molar-refractivity contribution is 0.174. The van der Waals surface area contributed by atoms with Crippen LogP contribution in [0.2, 0.25) is 0 Å². The minimum Gasteiger partial charge on any atom is -0.454 e. The summed E-state index contributed by atoms with van der Waals surface area (Å²) in [6, 6.07) is 12.4. The Morgan fingerprint density at radius 2 is 1.95 bits per heavy atom. The first-order chi connectivity index (χ1) is 9.22. The lowest BCUT2D eigenvalue weighted by Crippen LogP contribution is -1.99. The average molecular weight is 367 g/mol. The molecule has 0 radical (unpaired) electrons. The Morgan fingerprint density at radius 3 is 2.79 bits per heavy atom. The summed E-state index contributed by atoms with van der Waals surface area (Å²) in [7, 11) is 0. The number of aryl methyl sites for hydroxylation is 1. The van der Waals surface area contributed by atoms with Crippen molar-refractivity contribution in [1.29, 1.82) is 0 Å². The third-order valence-corrected chi connectivity index (χ3v) is 4.27.